The summed E-state index contributed by atoms with van der Waals surface area (Å²) in [5.41, 5.74) is 5.99. The van der Waals surface area contributed by atoms with Gasteiger partial charge in [0.25, 0.3) is 11.8 Å². The Morgan fingerprint density at radius 3 is 2.14 bits per heavy atom. The lowest BCUT2D eigenvalue weighted by Gasteiger charge is -2.41. The van der Waals surface area contributed by atoms with Crippen LogP contribution in [0.5, 0.6) is 0 Å². The molecule has 8 N–H and O–H groups in total. The van der Waals surface area contributed by atoms with Crippen LogP contribution < -0.4 is 32.3 Å². The molecule has 2 aromatic carbocycles. The van der Waals surface area contributed by atoms with Gasteiger partial charge in [-0.15, -0.1) is 0 Å². The van der Waals surface area contributed by atoms with Crippen molar-refractivity contribution in [3.8, 4) is 11.1 Å². The van der Waals surface area contributed by atoms with Crippen molar-refractivity contribution in [2.75, 3.05) is 32.8 Å². The third-order valence-electron chi connectivity index (χ3n) is 10.3. The number of amides is 9. The van der Waals surface area contributed by atoms with Crippen LogP contribution in [0.1, 0.15) is 66.1 Å². The van der Waals surface area contributed by atoms with Gasteiger partial charge in [0, 0.05) is 69.6 Å². The SMILES string of the molecule is [2H]CC(=O)N[C@@H](C)C(=O)N[C@@H](CC(N)=O)C(=O)N[C@@H](CCN(C(=O)CO)[C@@H](c1cc(-c2cc(F)ccc2F)cn1Cc1ccccc1)C(C)(C)C)C(=O)NCCNC(=O)CN1C(=O)C=CC1=O. The van der Waals surface area contributed by atoms with E-state index in [1.807, 2.05) is 30.3 Å². The van der Waals surface area contributed by atoms with Crippen molar-refractivity contribution in [2.45, 2.75) is 78.1 Å². The maximum absolute atomic E-state index is 15.3. The molecular weight excluding hydrogens is 865 g/mol. The van der Waals surface area contributed by atoms with E-state index in [4.69, 9.17) is 7.10 Å². The molecule has 9 amide bonds. The van der Waals surface area contributed by atoms with E-state index in [9.17, 15) is 52.6 Å². The van der Waals surface area contributed by atoms with Crippen molar-refractivity contribution < 1.29 is 58.4 Å². The molecule has 2 heterocycles. The van der Waals surface area contributed by atoms with E-state index in [1.54, 1.807) is 37.6 Å². The van der Waals surface area contributed by atoms with Crippen LogP contribution in [0.25, 0.3) is 11.1 Å². The number of aromatic nitrogens is 1. The molecule has 1 aliphatic rings. The quantitative estimate of drug-likeness (QED) is 0.0536. The number of primary amides is 1. The fourth-order valence-electron chi connectivity index (χ4n) is 7.22. The summed E-state index contributed by atoms with van der Waals surface area (Å²) in [5, 5.41) is 22.4. The Hall–Kier alpha value is -7.29. The fourth-order valence-corrected chi connectivity index (χ4v) is 7.22. The number of aliphatic hydroxyl groups excluding tert-OH is 1. The number of imide groups is 1. The summed E-state index contributed by atoms with van der Waals surface area (Å²) in [4.78, 5) is 117. The number of nitrogens with two attached hydrogens (primary N) is 1. The second-order valence-corrected chi connectivity index (χ2v) is 16.5. The highest BCUT2D eigenvalue weighted by atomic mass is 19.1. The van der Waals surface area contributed by atoms with Gasteiger partial charge in [-0.3, -0.25) is 48.1 Å². The van der Waals surface area contributed by atoms with Crippen LogP contribution in [-0.4, -0.2) is 124 Å². The molecule has 1 aromatic heterocycles. The van der Waals surface area contributed by atoms with Gasteiger partial charge in [0.1, 0.15) is 42.9 Å². The molecule has 0 saturated heterocycles. The molecule has 3 aromatic rings. The van der Waals surface area contributed by atoms with E-state index in [0.717, 1.165) is 35.9 Å². The van der Waals surface area contributed by atoms with E-state index in [0.29, 0.717) is 10.6 Å². The first kappa shape index (κ1) is 49.7. The molecular formula is C45H55F2N9O10. The Morgan fingerprint density at radius 2 is 1.52 bits per heavy atom. The molecule has 0 radical (unpaired) electrons. The number of rotatable bonds is 22. The van der Waals surface area contributed by atoms with E-state index in [-0.39, 0.29) is 43.7 Å². The Labute approximate surface area is 380 Å². The monoisotopic (exact) mass is 920 g/mol. The lowest BCUT2D eigenvalue weighted by Crippen LogP contribution is -2.57. The summed E-state index contributed by atoms with van der Waals surface area (Å²) in [6, 6.07) is 8.28. The summed E-state index contributed by atoms with van der Waals surface area (Å²) >= 11 is 0. The topological polar surface area (TPSA) is 271 Å². The first-order valence-corrected chi connectivity index (χ1v) is 20.8. The lowest BCUT2D eigenvalue weighted by atomic mass is 9.82. The second kappa shape index (κ2) is 23.1. The van der Waals surface area contributed by atoms with Gasteiger partial charge in [-0.2, -0.15) is 0 Å². The molecule has 0 saturated carbocycles. The number of carbonyl (C=O) groups is 9. The molecule has 354 valence electrons. The van der Waals surface area contributed by atoms with Crippen LogP contribution in [0.15, 0.2) is 72.9 Å². The van der Waals surface area contributed by atoms with Crippen molar-refractivity contribution in [2.24, 2.45) is 11.1 Å². The molecule has 4 atom stereocenters. The zero-order valence-electron chi connectivity index (χ0n) is 37.9. The van der Waals surface area contributed by atoms with Gasteiger partial charge in [0.15, 0.2) is 0 Å². The number of nitrogens with one attached hydrogen (secondary N) is 5. The maximum Gasteiger partial charge on any atom is 0.254 e. The molecule has 0 bridgehead atoms. The minimum Gasteiger partial charge on any atom is -0.387 e. The van der Waals surface area contributed by atoms with E-state index in [1.165, 1.54) is 11.8 Å². The number of halogens is 2. The Morgan fingerprint density at radius 1 is 0.864 bits per heavy atom. The summed E-state index contributed by atoms with van der Waals surface area (Å²) in [7, 11) is 0. The van der Waals surface area contributed by atoms with Crippen LogP contribution in [-0.2, 0) is 49.7 Å². The zero-order chi connectivity index (χ0) is 49.6. The summed E-state index contributed by atoms with van der Waals surface area (Å²) in [5.74, 6) is -9.04. The van der Waals surface area contributed by atoms with Crippen LogP contribution in [0.3, 0.4) is 0 Å². The molecule has 66 heavy (non-hydrogen) atoms. The van der Waals surface area contributed by atoms with Gasteiger partial charge in [0.05, 0.1) is 12.5 Å². The molecule has 19 nitrogen and oxygen atoms in total. The van der Waals surface area contributed by atoms with E-state index < -0.39 is 121 Å². The van der Waals surface area contributed by atoms with E-state index >= 15 is 4.39 Å². The average Bonchev–Trinajstić information content (AvgIpc) is 3.82. The van der Waals surface area contributed by atoms with Crippen molar-refractivity contribution in [1.82, 2.24) is 41.0 Å². The largest absolute Gasteiger partial charge is 0.387 e. The van der Waals surface area contributed by atoms with Crippen molar-refractivity contribution in [3.63, 3.8) is 0 Å². The fraction of sp³-hybridized carbons (Fsp3) is 0.400. The number of hydrogen-bond donors (Lipinski definition) is 7. The smallest absolute Gasteiger partial charge is 0.254 e. The molecule has 4 rings (SSSR count). The molecule has 1 aliphatic heterocycles. The number of benzene rings is 2. The molecule has 0 unspecified atom stereocenters. The van der Waals surface area contributed by atoms with Gasteiger partial charge in [-0.05, 0) is 48.6 Å². The minimum absolute atomic E-state index is 0.0582. The second-order valence-electron chi connectivity index (χ2n) is 16.5. The molecule has 21 heteroatoms. The highest BCUT2D eigenvalue weighted by Crippen LogP contribution is 2.41. The number of aliphatic hydroxyl groups is 1. The number of nitrogens with zero attached hydrogens (tertiary/aromatic N) is 3. The first-order chi connectivity index (χ1) is 31.6. The van der Waals surface area contributed by atoms with Crippen LogP contribution in [0.4, 0.5) is 8.78 Å². The maximum atomic E-state index is 15.3. The summed E-state index contributed by atoms with van der Waals surface area (Å²) < 4.78 is 38.8. The van der Waals surface area contributed by atoms with Crippen LogP contribution >= 0.6 is 0 Å². The number of hydrogen-bond acceptors (Lipinski definition) is 10. The normalized spacial score (nSPS) is 14.3. The van der Waals surface area contributed by atoms with Crippen molar-refractivity contribution >= 4 is 53.2 Å². The van der Waals surface area contributed by atoms with Gasteiger partial charge in [0.2, 0.25) is 41.4 Å². The number of carbonyl (C=O) groups excluding carboxylic acids is 9. The zero-order valence-corrected chi connectivity index (χ0v) is 36.9. The van der Waals surface area contributed by atoms with Gasteiger partial charge < -0.3 is 46.9 Å². The Balaban J connectivity index is 1.69. The Bertz CT molecular complexity index is 2350. The Kier molecular flexibility index (Phi) is 17.4. The summed E-state index contributed by atoms with van der Waals surface area (Å²) in [6.07, 6.45) is 2.48. The molecule has 0 spiro atoms. The van der Waals surface area contributed by atoms with Gasteiger partial charge in [-0.25, -0.2) is 8.78 Å². The summed E-state index contributed by atoms with van der Waals surface area (Å²) in [6.45, 7) is 3.74. The van der Waals surface area contributed by atoms with Gasteiger partial charge >= 0.3 is 0 Å². The standard InChI is InChI=1S/C45H55F2N9O10/c1-26(51-27(2)58)42(64)53-34(21-36(48)59)44(66)52-33(43(65)50-17-16-49-37(60)24-56-38(61)13-14-39(56)62)15-18-55(40(63)25-57)41(45(3,4)5)35-19-29(31-20-30(46)11-12-32(31)47)23-54(35)22-28-9-7-6-8-10-28/h6-14,19-20,23,26,33-34,41,57H,15-18,21-22,24-25H2,1-5H3,(H2,48,59)(H,49,60)(H,50,65)(H,51,58)(H,52,66)(H,53,64)/t26-,33-,34-,41-/m0/s1/i2D. The third kappa shape index (κ3) is 14.4. The lowest BCUT2D eigenvalue weighted by molar-refractivity contribution is -0.141. The van der Waals surface area contributed by atoms with Crippen LogP contribution in [0.2, 0.25) is 0 Å². The van der Waals surface area contributed by atoms with Gasteiger partial charge in [-0.1, -0.05) is 51.1 Å². The predicted molar refractivity (Wildman–Crippen MR) is 234 cm³/mol. The van der Waals surface area contributed by atoms with Crippen molar-refractivity contribution in [3.05, 3.63) is 95.8 Å². The minimum atomic E-state index is -1.69. The molecule has 0 fully saturated rings. The predicted octanol–water partition coefficient (Wildman–Crippen LogP) is 0.307. The third-order valence-corrected chi connectivity index (χ3v) is 10.3. The molecule has 0 aliphatic carbocycles. The van der Waals surface area contributed by atoms with Crippen LogP contribution in [0, 0.1) is 17.0 Å². The van der Waals surface area contributed by atoms with E-state index in [2.05, 4.69) is 26.6 Å². The van der Waals surface area contributed by atoms with Crippen molar-refractivity contribution in [1.29, 1.82) is 0 Å². The first-order valence-electron chi connectivity index (χ1n) is 21.5. The highest BCUT2D eigenvalue weighted by molar-refractivity contribution is 6.14. The highest BCUT2D eigenvalue weighted by Gasteiger charge is 2.38. The average molecular weight is 921 g/mol.